The quantitative estimate of drug-likeness (QED) is 0.797. The Morgan fingerprint density at radius 3 is 2.80 bits per heavy atom. The number of hydrogen-bond acceptors (Lipinski definition) is 2. The van der Waals surface area contributed by atoms with E-state index in [1.165, 1.54) is 0 Å². The lowest BCUT2D eigenvalue weighted by Crippen LogP contribution is -2.38. The van der Waals surface area contributed by atoms with Crippen molar-refractivity contribution in [2.75, 3.05) is 5.88 Å². The molecule has 15 heavy (non-hydrogen) atoms. The van der Waals surface area contributed by atoms with Crippen LogP contribution < -0.4 is 5.32 Å². The van der Waals surface area contributed by atoms with Crippen molar-refractivity contribution in [1.82, 2.24) is 10.3 Å². The van der Waals surface area contributed by atoms with Gasteiger partial charge in [-0.1, -0.05) is 0 Å². The van der Waals surface area contributed by atoms with Crippen molar-refractivity contribution in [2.45, 2.75) is 25.3 Å². The SMILES string of the molecule is Cc1ccc(C(=O)NC2(CCl)CC2)cn1. The molecule has 80 valence electrons. The summed E-state index contributed by atoms with van der Waals surface area (Å²) in [6, 6.07) is 3.61. The van der Waals surface area contributed by atoms with Gasteiger partial charge in [-0.05, 0) is 31.9 Å². The van der Waals surface area contributed by atoms with E-state index in [9.17, 15) is 4.79 Å². The van der Waals surface area contributed by atoms with Gasteiger partial charge in [0, 0.05) is 17.8 Å². The van der Waals surface area contributed by atoms with Crippen LogP contribution in [0.3, 0.4) is 0 Å². The molecular formula is C11H13ClN2O. The van der Waals surface area contributed by atoms with Gasteiger partial charge in [0.05, 0.1) is 11.1 Å². The molecule has 1 aromatic rings. The third-order valence-corrected chi connectivity index (χ3v) is 3.17. The highest BCUT2D eigenvalue weighted by molar-refractivity contribution is 6.19. The predicted molar refractivity (Wildman–Crippen MR) is 59.1 cm³/mol. The standard InChI is InChI=1S/C11H13ClN2O/c1-8-2-3-9(6-13-8)10(15)14-11(7-12)4-5-11/h2-3,6H,4-5,7H2,1H3,(H,14,15). The van der Waals surface area contributed by atoms with Gasteiger partial charge < -0.3 is 5.32 Å². The number of hydrogen-bond donors (Lipinski definition) is 1. The maximum atomic E-state index is 11.8. The van der Waals surface area contributed by atoms with Crippen LogP contribution in [0.2, 0.25) is 0 Å². The second-order valence-corrected chi connectivity index (χ2v) is 4.32. The number of carbonyl (C=O) groups excluding carboxylic acids is 1. The fourth-order valence-corrected chi connectivity index (χ4v) is 1.69. The van der Waals surface area contributed by atoms with Crippen LogP contribution in [0.1, 0.15) is 28.9 Å². The minimum absolute atomic E-state index is 0.0827. The van der Waals surface area contributed by atoms with E-state index < -0.39 is 0 Å². The summed E-state index contributed by atoms with van der Waals surface area (Å²) >= 11 is 5.78. The molecule has 0 atom stereocenters. The molecule has 0 aliphatic heterocycles. The Kier molecular flexibility index (Phi) is 2.65. The number of amides is 1. The molecule has 0 saturated heterocycles. The van der Waals surface area contributed by atoms with E-state index in [4.69, 9.17) is 11.6 Å². The van der Waals surface area contributed by atoms with Gasteiger partial charge in [-0.15, -0.1) is 11.6 Å². The average molecular weight is 225 g/mol. The van der Waals surface area contributed by atoms with Crippen molar-refractivity contribution in [2.24, 2.45) is 0 Å². The Morgan fingerprint density at radius 1 is 1.60 bits per heavy atom. The lowest BCUT2D eigenvalue weighted by Gasteiger charge is -2.13. The molecule has 1 saturated carbocycles. The van der Waals surface area contributed by atoms with Crippen molar-refractivity contribution in [1.29, 1.82) is 0 Å². The Labute approximate surface area is 93.8 Å². The largest absolute Gasteiger partial charge is 0.345 e. The molecule has 1 fully saturated rings. The summed E-state index contributed by atoms with van der Waals surface area (Å²) in [5, 5.41) is 2.94. The topological polar surface area (TPSA) is 42.0 Å². The molecule has 2 rings (SSSR count). The first kappa shape index (κ1) is 10.4. The van der Waals surface area contributed by atoms with E-state index in [1.807, 2.05) is 13.0 Å². The zero-order valence-corrected chi connectivity index (χ0v) is 9.34. The summed E-state index contributed by atoms with van der Waals surface area (Å²) in [6.45, 7) is 1.89. The van der Waals surface area contributed by atoms with Crippen LogP contribution in [0.25, 0.3) is 0 Å². The van der Waals surface area contributed by atoms with Gasteiger partial charge in [-0.3, -0.25) is 9.78 Å². The molecule has 1 aromatic heterocycles. The minimum atomic E-state index is -0.149. The molecule has 1 heterocycles. The van der Waals surface area contributed by atoms with E-state index in [0.29, 0.717) is 11.4 Å². The molecule has 1 amide bonds. The highest BCUT2D eigenvalue weighted by atomic mass is 35.5. The maximum absolute atomic E-state index is 11.8. The van der Waals surface area contributed by atoms with Crippen molar-refractivity contribution in [3.8, 4) is 0 Å². The summed E-state index contributed by atoms with van der Waals surface area (Å²) in [5.74, 6) is 0.401. The second kappa shape index (κ2) is 3.81. The molecule has 0 radical (unpaired) electrons. The van der Waals surface area contributed by atoms with Crippen molar-refractivity contribution in [3.63, 3.8) is 0 Å². The minimum Gasteiger partial charge on any atom is -0.345 e. The van der Waals surface area contributed by atoms with Gasteiger partial charge in [0.2, 0.25) is 0 Å². The van der Waals surface area contributed by atoms with Crippen LogP contribution in [0.5, 0.6) is 0 Å². The van der Waals surface area contributed by atoms with E-state index >= 15 is 0 Å². The Morgan fingerprint density at radius 2 is 2.33 bits per heavy atom. The molecular weight excluding hydrogens is 212 g/mol. The van der Waals surface area contributed by atoms with E-state index in [1.54, 1.807) is 12.3 Å². The van der Waals surface area contributed by atoms with Gasteiger partial charge >= 0.3 is 0 Å². The lowest BCUT2D eigenvalue weighted by atomic mass is 10.2. The number of halogens is 1. The van der Waals surface area contributed by atoms with Gasteiger partial charge in [0.15, 0.2) is 0 Å². The van der Waals surface area contributed by atoms with Crippen LogP contribution in [0.15, 0.2) is 18.3 Å². The monoisotopic (exact) mass is 224 g/mol. The van der Waals surface area contributed by atoms with Gasteiger partial charge in [0.25, 0.3) is 5.91 Å². The summed E-state index contributed by atoms with van der Waals surface area (Å²) < 4.78 is 0. The third-order valence-electron chi connectivity index (χ3n) is 2.66. The number of nitrogens with one attached hydrogen (secondary N) is 1. The highest BCUT2D eigenvalue weighted by Gasteiger charge is 2.43. The molecule has 3 nitrogen and oxygen atoms in total. The van der Waals surface area contributed by atoms with Crippen molar-refractivity contribution in [3.05, 3.63) is 29.6 Å². The summed E-state index contributed by atoms with van der Waals surface area (Å²) in [6.07, 6.45) is 3.54. The van der Waals surface area contributed by atoms with Gasteiger partial charge in [-0.25, -0.2) is 0 Å². The number of aryl methyl sites for hydroxylation is 1. The normalized spacial score (nSPS) is 17.2. The van der Waals surface area contributed by atoms with Crippen molar-refractivity contribution >= 4 is 17.5 Å². The first-order chi connectivity index (χ1) is 7.15. The Balaban J connectivity index is 2.05. The molecule has 0 bridgehead atoms. The van der Waals surface area contributed by atoms with Crippen LogP contribution in [-0.2, 0) is 0 Å². The molecule has 0 unspecified atom stereocenters. The fraction of sp³-hybridized carbons (Fsp3) is 0.455. The molecule has 1 aliphatic rings. The van der Waals surface area contributed by atoms with Crippen LogP contribution in [-0.4, -0.2) is 22.3 Å². The number of pyridine rings is 1. The second-order valence-electron chi connectivity index (χ2n) is 4.06. The number of aromatic nitrogens is 1. The Bertz CT molecular complexity index is 371. The number of carbonyl (C=O) groups is 1. The number of rotatable bonds is 3. The van der Waals surface area contributed by atoms with E-state index in [-0.39, 0.29) is 11.4 Å². The summed E-state index contributed by atoms with van der Waals surface area (Å²) in [4.78, 5) is 15.8. The molecule has 0 aromatic carbocycles. The van der Waals surface area contributed by atoms with Crippen LogP contribution >= 0.6 is 11.6 Å². The third kappa shape index (κ3) is 2.29. The van der Waals surface area contributed by atoms with Crippen LogP contribution in [0.4, 0.5) is 0 Å². The van der Waals surface area contributed by atoms with Crippen LogP contribution in [0, 0.1) is 6.92 Å². The number of nitrogens with zero attached hydrogens (tertiary/aromatic N) is 1. The Hall–Kier alpha value is -1.09. The molecule has 4 heteroatoms. The summed E-state index contributed by atoms with van der Waals surface area (Å²) in [7, 11) is 0. The van der Waals surface area contributed by atoms with Crippen molar-refractivity contribution < 1.29 is 4.79 Å². The molecule has 0 spiro atoms. The first-order valence-electron chi connectivity index (χ1n) is 4.96. The average Bonchev–Trinajstić information content (AvgIpc) is 2.99. The fourth-order valence-electron chi connectivity index (χ4n) is 1.36. The highest BCUT2D eigenvalue weighted by Crippen LogP contribution is 2.36. The predicted octanol–water partition coefficient (Wildman–Crippen LogP) is 1.89. The van der Waals surface area contributed by atoms with E-state index in [0.717, 1.165) is 18.5 Å². The zero-order valence-electron chi connectivity index (χ0n) is 8.59. The molecule has 1 N–H and O–H groups in total. The number of alkyl halides is 1. The first-order valence-corrected chi connectivity index (χ1v) is 5.50. The van der Waals surface area contributed by atoms with Gasteiger partial charge in [0.1, 0.15) is 0 Å². The van der Waals surface area contributed by atoms with Gasteiger partial charge in [-0.2, -0.15) is 0 Å². The van der Waals surface area contributed by atoms with E-state index in [2.05, 4.69) is 10.3 Å². The maximum Gasteiger partial charge on any atom is 0.253 e. The lowest BCUT2D eigenvalue weighted by molar-refractivity contribution is 0.0935. The zero-order chi connectivity index (χ0) is 10.9. The summed E-state index contributed by atoms with van der Waals surface area (Å²) in [5.41, 5.74) is 1.35. The smallest absolute Gasteiger partial charge is 0.253 e. The molecule has 1 aliphatic carbocycles.